The number of rotatable bonds is 13. The van der Waals surface area contributed by atoms with E-state index in [1.54, 1.807) is 24.0 Å². The molecule has 35 heavy (non-hydrogen) atoms. The number of allylic oxidation sites excluding steroid dienone is 1. The van der Waals surface area contributed by atoms with E-state index in [0.29, 0.717) is 25.8 Å². The molecule has 3 rings (SSSR count). The van der Waals surface area contributed by atoms with Gasteiger partial charge < -0.3 is 24.4 Å². The first kappa shape index (κ1) is 27.4. The summed E-state index contributed by atoms with van der Waals surface area (Å²) in [6.07, 6.45) is 7.61. The molecule has 3 unspecified atom stereocenters. The molecule has 8 nitrogen and oxygen atoms in total. The molecule has 0 aromatic heterocycles. The Morgan fingerprint density at radius 2 is 2.03 bits per heavy atom. The van der Waals surface area contributed by atoms with E-state index in [1.165, 1.54) is 4.90 Å². The molecular weight excluding hydrogens is 448 g/mol. The predicted octanol–water partition coefficient (Wildman–Crippen LogP) is 2.84. The lowest BCUT2D eigenvalue weighted by atomic mass is 9.66. The largest absolute Gasteiger partial charge is 0.465 e. The van der Waals surface area contributed by atoms with Gasteiger partial charge in [-0.05, 0) is 52.9 Å². The molecule has 0 aromatic carbocycles. The molecule has 0 aliphatic carbocycles. The van der Waals surface area contributed by atoms with E-state index >= 15 is 0 Å². The summed E-state index contributed by atoms with van der Waals surface area (Å²) in [5.74, 6) is -2.60. The van der Waals surface area contributed by atoms with Crippen LogP contribution in [-0.4, -0.2) is 81.8 Å². The zero-order chi connectivity index (χ0) is 26.0. The standard InChI is InChI=1S/C27H42N2O6/c1-7-10-11-16-34-25(33)21-20-23(31)29(19(5)17-30)22(27(20)14-13-26(21,6)35-27)24(32)28(15-9-3)18(4)12-8-2/h7,9,18-22,30H,1,3,8,10-17H2,2,4-6H3/t18?,19-,20+,21+,22?,26-,27?/m1/s1. The summed E-state index contributed by atoms with van der Waals surface area (Å²) >= 11 is 0. The Balaban J connectivity index is 2.01. The number of aliphatic hydroxyl groups is 1. The number of ether oxygens (including phenoxy) is 2. The van der Waals surface area contributed by atoms with Crippen LogP contribution in [-0.2, 0) is 23.9 Å². The van der Waals surface area contributed by atoms with Crippen molar-refractivity contribution in [3.63, 3.8) is 0 Å². The van der Waals surface area contributed by atoms with Crippen LogP contribution >= 0.6 is 0 Å². The molecule has 2 amide bonds. The van der Waals surface area contributed by atoms with E-state index in [0.717, 1.165) is 19.3 Å². The van der Waals surface area contributed by atoms with Gasteiger partial charge in [0.05, 0.1) is 30.8 Å². The van der Waals surface area contributed by atoms with Crippen molar-refractivity contribution in [2.75, 3.05) is 19.8 Å². The van der Waals surface area contributed by atoms with Crippen molar-refractivity contribution in [3.8, 4) is 0 Å². The Hall–Kier alpha value is -2.19. The smallest absolute Gasteiger partial charge is 0.312 e. The van der Waals surface area contributed by atoms with Gasteiger partial charge in [-0.25, -0.2) is 0 Å². The van der Waals surface area contributed by atoms with Crippen LogP contribution in [0.2, 0.25) is 0 Å². The van der Waals surface area contributed by atoms with E-state index in [1.807, 2.05) is 13.8 Å². The Morgan fingerprint density at radius 1 is 1.31 bits per heavy atom. The number of unbranched alkanes of at least 4 members (excludes halogenated alkanes) is 1. The second kappa shape index (κ2) is 10.8. The van der Waals surface area contributed by atoms with Gasteiger partial charge in [-0.2, -0.15) is 0 Å². The van der Waals surface area contributed by atoms with Crippen LogP contribution in [0, 0.1) is 11.8 Å². The summed E-state index contributed by atoms with van der Waals surface area (Å²) in [4.78, 5) is 44.6. The first-order chi connectivity index (χ1) is 16.6. The molecule has 3 heterocycles. The van der Waals surface area contributed by atoms with Crippen molar-refractivity contribution in [2.24, 2.45) is 11.8 Å². The monoisotopic (exact) mass is 490 g/mol. The summed E-state index contributed by atoms with van der Waals surface area (Å²) in [6.45, 7) is 15.4. The molecule has 2 bridgehead atoms. The summed E-state index contributed by atoms with van der Waals surface area (Å²) in [5, 5.41) is 10.00. The number of hydrogen-bond acceptors (Lipinski definition) is 6. The quantitative estimate of drug-likeness (QED) is 0.242. The average Bonchev–Trinajstić information content (AvgIpc) is 3.40. The number of aliphatic hydroxyl groups excluding tert-OH is 1. The fraction of sp³-hybridized carbons (Fsp3) is 0.741. The molecule has 0 saturated carbocycles. The Kier molecular flexibility index (Phi) is 8.48. The summed E-state index contributed by atoms with van der Waals surface area (Å²) < 4.78 is 12.2. The van der Waals surface area contributed by atoms with Gasteiger partial charge in [0.15, 0.2) is 0 Å². The lowest BCUT2D eigenvalue weighted by molar-refractivity contribution is -0.162. The zero-order valence-electron chi connectivity index (χ0n) is 21.7. The molecule has 3 saturated heterocycles. The number of fused-ring (bicyclic) bond motifs is 1. The maximum Gasteiger partial charge on any atom is 0.312 e. The van der Waals surface area contributed by atoms with E-state index in [2.05, 4.69) is 20.1 Å². The van der Waals surface area contributed by atoms with Crippen molar-refractivity contribution < 1.29 is 29.0 Å². The summed E-state index contributed by atoms with van der Waals surface area (Å²) in [7, 11) is 0. The number of likely N-dealkylation sites (tertiary alicyclic amines) is 1. The number of hydrogen-bond donors (Lipinski definition) is 1. The third-order valence-electron chi connectivity index (χ3n) is 8.09. The fourth-order valence-electron chi connectivity index (χ4n) is 6.41. The molecule has 1 N–H and O–H groups in total. The van der Waals surface area contributed by atoms with Gasteiger partial charge in [0.1, 0.15) is 17.6 Å². The van der Waals surface area contributed by atoms with Gasteiger partial charge in [0.2, 0.25) is 11.8 Å². The highest BCUT2D eigenvalue weighted by molar-refractivity contribution is 5.98. The summed E-state index contributed by atoms with van der Waals surface area (Å²) in [6, 6.07) is -1.56. The molecular formula is C27H42N2O6. The molecule has 8 heteroatoms. The molecule has 3 aliphatic heterocycles. The minimum Gasteiger partial charge on any atom is -0.465 e. The van der Waals surface area contributed by atoms with Crippen LogP contribution in [0.1, 0.15) is 66.2 Å². The van der Waals surface area contributed by atoms with Crippen molar-refractivity contribution in [3.05, 3.63) is 25.3 Å². The topological polar surface area (TPSA) is 96.4 Å². The number of carbonyl (C=O) groups is 3. The number of amides is 2. The van der Waals surface area contributed by atoms with Gasteiger partial charge in [0.25, 0.3) is 0 Å². The maximum absolute atomic E-state index is 14.2. The van der Waals surface area contributed by atoms with Gasteiger partial charge >= 0.3 is 5.97 Å². The third kappa shape index (κ3) is 4.55. The lowest BCUT2D eigenvalue weighted by Gasteiger charge is -2.40. The molecule has 0 aromatic rings. The number of nitrogens with zero attached hydrogens (tertiary/aromatic N) is 2. The molecule has 0 radical (unpaired) electrons. The van der Waals surface area contributed by atoms with Crippen LogP contribution in [0.4, 0.5) is 0 Å². The van der Waals surface area contributed by atoms with Crippen LogP contribution < -0.4 is 0 Å². The molecule has 196 valence electrons. The second-order valence-electron chi connectivity index (χ2n) is 10.5. The first-order valence-electron chi connectivity index (χ1n) is 13.0. The Morgan fingerprint density at radius 3 is 2.63 bits per heavy atom. The Bertz CT molecular complexity index is 846. The third-order valence-corrected chi connectivity index (χ3v) is 8.09. The number of esters is 1. The van der Waals surface area contributed by atoms with Crippen LogP contribution in [0.25, 0.3) is 0 Å². The normalized spacial score (nSPS) is 32.8. The SMILES string of the molecule is C=CCCCOC(=O)[C@@H]1[C@H]2C(=O)N([C@H](C)CO)C(C(=O)N(CC=C)C(C)CCC)C23CC[C@@]1(C)O3. The van der Waals surface area contributed by atoms with Gasteiger partial charge in [-0.15, -0.1) is 13.2 Å². The highest BCUT2D eigenvalue weighted by Crippen LogP contribution is 2.63. The second-order valence-corrected chi connectivity index (χ2v) is 10.5. The minimum atomic E-state index is -1.12. The van der Waals surface area contributed by atoms with Gasteiger partial charge in [-0.3, -0.25) is 14.4 Å². The molecule has 3 aliphatic rings. The Labute approximate surface area is 209 Å². The van der Waals surface area contributed by atoms with Gasteiger partial charge in [-0.1, -0.05) is 25.5 Å². The maximum atomic E-state index is 14.2. The number of carbonyl (C=O) groups excluding carboxylic acids is 3. The highest BCUT2D eigenvalue weighted by Gasteiger charge is 2.79. The molecule has 7 atom stereocenters. The van der Waals surface area contributed by atoms with Crippen molar-refractivity contribution in [2.45, 2.75) is 95.5 Å². The van der Waals surface area contributed by atoms with Crippen LogP contribution in [0.3, 0.4) is 0 Å². The van der Waals surface area contributed by atoms with Crippen LogP contribution in [0.5, 0.6) is 0 Å². The van der Waals surface area contributed by atoms with E-state index < -0.39 is 41.1 Å². The van der Waals surface area contributed by atoms with E-state index in [4.69, 9.17) is 9.47 Å². The van der Waals surface area contributed by atoms with E-state index in [9.17, 15) is 19.5 Å². The van der Waals surface area contributed by atoms with Gasteiger partial charge in [0, 0.05) is 12.6 Å². The minimum absolute atomic E-state index is 0.0536. The predicted molar refractivity (Wildman–Crippen MR) is 132 cm³/mol. The summed E-state index contributed by atoms with van der Waals surface area (Å²) in [5.41, 5.74) is -2.00. The zero-order valence-corrected chi connectivity index (χ0v) is 21.7. The molecule has 1 spiro atoms. The lowest BCUT2D eigenvalue weighted by Crippen LogP contribution is -2.59. The van der Waals surface area contributed by atoms with Crippen LogP contribution in [0.15, 0.2) is 25.3 Å². The van der Waals surface area contributed by atoms with Crippen molar-refractivity contribution in [1.29, 1.82) is 0 Å². The molecule has 3 fully saturated rings. The van der Waals surface area contributed by atoms with Crippen molar-refractivity contribution in [1.82, 2.24) is 9.80 Å². The van der Waals surface area contributed by atoms with Crippen molar-refractivity contribution >= 4 is 17.8 Å². The average molecular weight is 491 g/mol. The fourth-order valence-corrected chi connectivity index (χ4v) is 6.41. The van der Waals surface area contributed by atoms with E-state index in [-0.39, 0.29) is 31.1 Å². The first-order valence-corrected chi connectivity index (χ1v) is 13.0. The highest BCUT2D eigenvalue weighted by atomic mass is 16.6.